The Hall–Kier alpha value is -1.18. The SMILES string of the molecule is CCCNc1ccncc1S(=O)(=O)N(CC)CCOC. The van der Waals surface area contributed by atoms with Crippen molar-refractivity contribution in [1.82, 2.24) is 9.29 Å². The Kier molecular flexibility index (Phi) is 6.90. The van der Waals surface area contributed by atoms with E-state index in [-0.39, 0.29) is 4.90 Å². The zero-order valence-electron chi connectivity index (χ0n) is 12.3. The molecule has 1 heterocycles. The maximum atomic E-state index is 12.6. The van der Waals surface area contributed by atoms with E-state index < -0.39 is 10.0 Å². The predicted molar refractivity (Wildman–Crippen MR) is 79.3 cm³/mol. The van der Waals surface area contributed by atoms with Gasteiger partial charge in [-0.25, -0.2) is 8.42 Å². The first-order chi connectivity index (χ1) is 9.57. The van der Waals surface area contributed by atoms with Crippen molar-refractivity contribution in [2.75, 3.05) is 38.7 Å². The number of likely N-dealkylation sites (N-methyl/N-ethyl adjacent to an activating group) is 1. The second-order valence-electron chi connectivity index (χ2n) is 4.29. The number of sulfonamides is 1. The van der Waals surface area contributed by atoms with E-state index in [1.54, 1.807) is 19.4 Å². The number of nitrogens with one attached hydrogen (secondary N) is 1. The molecule has 0 aliphatic carbocycles. The van der Waals surface area contributed by atoms with E-state index in [2.05, 4.69) is 10.3 Å². The van der Waals surface area contributed by atoms with Gasteiger partial charge in [0.05, 0.1) is 12.3 Å². The van der Waals surface area contributed by atoms with Crippen LogP contribution in [0.2, 0.25) is 0 Å². The Bertz CT molecular complexity index is 505. The van der Waals surface area contributed by atoms with Crippen molar-refractivity contribution in [2.45, 2.75) is 25.2 Å². The Morgan fingerprint density at radius 1 is 1.40 bits per heavy atom. The van der Waals surface area contributed by atoms with Gasteiger partial charge < -0.3 is 10.1 Å². The molecule has 0 saturated heterocycles. The van der Waals surface area contributed by atoms with Crippen LogP contribution < -0.4 is 5.32 Å². The highest BCUT2D eigenvalue weighted by Crippen LogP contribution is 2.23. The number of hydrogen-bond donors (Lipinski definition) is 1. The fourth-order valence-corrected chi connectivity index (χ4v) is 3.32. The highest BCUT2D eigenvalue weighted by molar-refractivity contribution is 7.89. The quantitative estimate of drug-likeness (QED) is 0.749. The number of methoxy groups -OCH3 is 1. The largest absolute Gasteiger partial charge is 0.384 e. The summed E-state index contributed by atoms with van der Waals surface area (Å²) in [7, 11) is -2.00. The predicted octanol–water partition coefficient (Wildman–Crippen LogP) is 1.56. The van der Waals surface area contributed by atoms with Gasteiger partial charge in [-0.3, -0.25) is 4.98 Å². The van der Waals surface area contributed by atoms with Gasteiger partial charge in [0.25, 0.3) is 0 Å². The lowest BCUT2D eigenvalue weighted by Gasteiger charge is -2.21. The van der Waals surface area contributed by atoms with Crippen LogP contribution >= 0.6 is 0 Å². The molecule has 1 aromatic rings. The van der Waals surface area contributed by atoms with E-state index in [1.807, 2.05) is 13.8 Å². The number of rotatable bonds is 9. The van der Waals surface area contributed by atoms with Crippen LogP contribution in [-0.2, 0) is 14.8 Å². The molecule has 0 aliphatic rings. The molecule has 0 amide bonds. The first-order valence-corrected chi connectivity index (χ1v) is 8.18. The molecule has 0 bridgehead atoms. The molecule has 0 radical (unpaired) electrons. The number of aromatic nitrogens is 1. The molecule has 0 saturated carbocycles. The first kappa shape index (κ1) is 16.9. The lowest BCUT2D eigenvalue weighted by atomic mass is 10.4. The maximum Gasteiger partial charge on any atom is 0.246 e. The van der Waals surface area contributed by atoms with E-state index in [0.29, 0.717) is 25.4 Å². The number of anilines is 1. The Balaban J connectivity index is 3.06. The second-order valence-corrected chi connectivity index (χ2v) is 6.19. The zero-order chi connectivity index (χ0) is 15.0. The summed E-state index contributed by atoms with van der Waals surface area (Å²) in [5.74, 6) is 0. The van der Waals surface area contributed by atoms with Crippen molar-refractivity contribution in [3.8, 4) is 0 Å². The van der Waals surface area contributed by atoms with Crippen LogP contribution in [0.4, 0.5) is 5.69 Å². The van der Waals surface area contributed by atoms with Gasteiger partial charge >= 0.3 is 0 Å². The van der Waals surface area contributed by atoms with Crippen LogP contribution in [0.5, 0.6) is 0 Å². The maximum absolute atomic E-state index is 12.6. The lowest BCUT2D eigenvalue weighted by Crippen LogP contribution is -2.34. The Morgan fingerprint density at radius 2 is 2.15 bits per heavy atom. The molecule has 0 aliphatic heterocycles. The highest BCUT2D eigenvalue weighted by atomic mass is 32.2. The van der Waals surface area contributed by atoms with Crippen molar-refractivity contribution >= 4 is 15.7 Å². The summed E-state index contributed by atoms with van der Waals surface area (Å²) in [6, 6.07) is 1.69. The summed E-state index contributed by atoms with van der Waals surface area (Å²) in [5, 5.41) is 3.13. The van der Waals surface area contributed by atoms with Gasteiger partial charge in [0.15, 0.2) is 0 Å². The molecule has 6 nitrogen and oxygen atoms in total. The molecule has 1 rings (SSSR count). The number of hydrogen-bond acceptors (Lipinski definition) is 5. The minimum absolute atomic E-state index is 0.214. The van der Waals surface area contributed by atoms with Crippen molar-refractivity contribution in [3.63, 3.8) is 0 Å². The molecule has 0 fully saturated rings. The summed E-state index contributed by atoms with van der Waals surface area (Å²) in [4.78, 5) is 4.15. The molecular formula is C13H23N3O3S. The van der Waals surface area contributed by atoms with Gasteiger partial charge in [-0.05, 0) is 12.5 Å². The number of ether oxygens (including phenoxy) is 1. The van der Waals surface area contributed by atoms with Crippen molar-refractivity contribution in [1.29, 1.82) is 0 Å². The Morgan fingerprint density at radius 3 is 2.75 bits per heavy atom. The summed E-state index contributed by atoms with van der Waals surface area (Å²) in [6.45, 7) is 5.65. The third kappa shape index (κ3) is 4.16. The third-order valence-electron chi connectivity index (χ3n) is 2.87. The summed E-state index contributed by atoms with van der Waals surface area (Å²) in [6.07, 6.45) is 3.90. The fourth-order valence-electron chi connectivity index (χ4n) is 1.77. The fraction of sp³-hybridized carbons (Fsp3) is 0.615. The van der Waals surface area contributed by atoms with Crippen LogP contribution in [0, 0.1) is 0 Å². The monoisotopic (exact) mass is 301 g/mol. The van der Waals surface area contributed by atoms with Crippen LogP contribution in [0.1, 0.15) is 20.3 Å². The van der Waals surface area contributed by atoms with Crippen LogP contribution in [0.15, 0.2) is 23.4 Å². The van der Waals surface area contributed by atoms with Crippen LogP contribution in [0.25, 0.3) is 0 Å². The van der Waals surface area contributed by atoms with Gasteiger partial charge in [-0.1, -0.05) is 13.8 Å². The highest BCUT2D eigenvalue weighted by Gasteiger charge is 2.25. The molecule has 0 spiro atoms. The summed E-state index contributed by atoms with van der Waals surface area (Å²) >= 11 is 0. The minimum Gasteiger partial charge on any atom is -0.384 e. The standard InChI is InChI=1S/C13H23N3O3S/c1-4-7-15-12-6-8-14-11-13(12)20(17,18)16(5-2)9-10-19-3/h6,8,11H,4-5,7,9-10H2,1-3H3,(H,14,15). The number of pyridine rings is 1. The van der Waals surface area contributed by atoms with Crippen LogP contribution in [-0.4, -0.2) is 51.1 Å². The molecule has 1 N–H and O–H groups in total. The molecule has 20 heavy (non-hydrogen) atoms. The lowest BCUT2D eigenvalue weighted by molar-refractivity contribution is 0.180. The van der Waals surface area contributed by atoms with E-state index in [4.69, 9.17) is 4.74 Å². The first-order valence-electron chi connectivity index (χ1n) is 6.74. The van der Waals surface area contributed by atoms with Crippen molar-refractivity contribution in [2.24, 2.45) is 0 Å². The van der Waals surface area contributed by atoms with Gasteiger partial charge in [0.2, 0.25) is 10.0 Å². The Labute approximate surface area is 121 Å². The number of nitrogens with zero attached hydrogens (tertiary/aromatic N) is 2. The van der Waals surface area contributed by atoms with E-state index in [9.17, 15) is 8.42 Å². The van der Waals surface area contributed by atoms with Crippen LogP contribution in [0.3, 0.4) is 0 Å². The molecule has 0 aromatic carbocycles. The smallest absolute Gasteiger partial charge is 0.246 e. The molecular weight excluding hydrogens is 278 g/mol. The molecule has 114 valence electrons. The van der Waals surface area contributed by atoms with Crippen molar-refractivity contribution in [3.05, 3.63) is 18.5 Å². The van der Waals surface area contributed by atoms with Gasteiger partial charge in [0.1, 0.15) is 4.90 Å². The molecule has 0 unspecified atom stereocenters. The molecule has 0 atom stereocenters. The third-order valence-corrected chi connectivity index (χ3v) is 4.87. The van der Waals surface area contributed by atoms with E-state index >= 15 is 0 Å². The topological polar surface area (TPSA) is 71.5 Å². The average Bonchev–Trinajstić information content (AvgIpc) is 2.46. The summed E-state index contributed by atoms with van der Waals surface area (Å²) in [5.41, 5.74) is 0.595. The average molecular weight is 301 g/mol. The van der Waals surface area contributed by atoms with Gasteiger partial charge in [-0.2, -0.15) is 4.31 Å². The zero-order valence-corrected chi connectivity index (χ0v) is 13.1. The minimum atomic E-state index is -3.56. The van der Waals surface area contributed by atoms with Gasteiger partial charge in [0, 0.05) is 39.1 Å². The van der Waals surface area contributed by atoms with Crippen molar-refractivity contribution < 1.29 is 13.2 Å². The van der Waals surface area contributed by atoms with E-state index in [1.165, 1.54) is 10.5 Å². The van der Waals surface area contributed by atoms with Gasteiger partial charge in [-0.15, -0.1) is 0 Å². The molecule has 7 heteroatoms. The second kappa shape index (κ2) is 8.18. The molecule has 1 aromatic heterocycles. The summed E-state index contributed by atoms with van der Waals surface area (Å²) < 4.78 is 31.6. The van der Waals surface area contributed by atoms with E-state index in [0.717, 1.165) is 13.0 Å². The normalized spacial score (nSPS) is 11.8.